The van der Waals surface area contributed by atoms with Gasteiger partial charge in [-0.15, -0.1) is 0 Å². The Morgan fingerprint density at radius 3 is 2.85 bits per heavy atom. The fourth-order valence-corrected chi connectivity index (χ4v) is 2.51. The van der Waals surface area contributed by atoms with Gasteiger partial charge < -0.3 is 9.47 Å². The first-order valence-electron chi connectivity index (χ1n) is 7.98. The van der Waals surface area contributed by atoms with E-state index in [-0.39, 0.29) is 17.9 Å². The van der Waals surface area contributed by atoms with Crippen molar-refractivity contribution in [1.29, 1.82) is 0 Å². The molecular formula is C18H16F2N4O3. The van der Waals surface area contributed by atoms with Crippen LogP contribution in [-0.4, -0.2) is 39.6 Å². The van der Waals surface area contributed by atoms with Crippen molar-refractivity contribution in [3.05, 3.63) is 54.0 Å². The Kier molecular flexibility index (Phi) is 5.70. The van der Waals surface area contributed by atoms with Gasteiger partial charge in [-0.1, -0.05) is 6.07 Å². The molecule has 140 valence electrons. The molecule has 0 unspecified atom stereocenters. The summed E-state index contributed by atoms with van der Waals surface area (Å²) in [4.78, 5) is 19.5. The van der Waals surface area contributed by atoms with Crippen molar-refractivity contribution < 1.29 is 23.0 Å². The molecule has 0 amide bonds. The maximum Gasteiger partial charge on any atom is 0.257 e. The quantitative estimate of drug-likeness (QED) is 0.564. The normalized spacial score (nSPS) is 10.8. The number of methoxy groups -OCH3 is 1. The summed E-state index contributed by atoms with van der Waals surface area (Å²) >= 11 is 0. The van der Waals surface area contributed by atoms with E-state index < -0.39 is 13.0 Å². The molecule has 0 bridgehead atoms. The second-order valence-electron chi connectivity index (χ2n) is 5.47. The van der Waals surface area contributed by atoms with Crippen molar-refractivity contribution in [2.75, 3.05) is 7.11 Å². The minimum absolute atomic E-state index is 0.0673. The predicted molar refractivity (Wildman–Crippen MR) is 92.0 cm³/mol. The Labute approximate surface area is 153 Å². The highest BCUT2D eigenvalue weighted by Crippen LogP contribution is 2.25. The number of nitrogens with zero attached hydrogens (tertiary/aromatic N) is 4. The molecule has 0 spiro atoms. The lowest BCUT2D eigenvalue weighted by Gasteiger charge is -2.13. The third kappa shape index (κ3) is 4.25. The van der Waals surface area contributed by atoms with Gasteiger partial charge >= 0.3 is 0 Å². The van der Waals surface area contributed by atoms with E-state index in [0.717, 1.165) is 0 Å². The van der Waals surface area contributed by atoms with Crippen LogP contribution < -0.4 is 9.47 Å². The van der Waals surface area contributed by atoms with Crippen molar-refractivity contribution in [3.8, 4) is 23.0 Å². The van der Waals surface area contributed by atoms with Gasteiger partial charge in [-0.25, -0.2) is 13.8 Å². The van der Waals surface area contributed by atoms with Gasteiger partial charge in [0.15, 0.2) is 6.29 Å². The summed E-state index contributed by atoms with van der Waals surface area (Å²) < 4.78 is 37.4. The molecule has 0 N–H and O–H groups in total. The van der Waals surface area contributed by atoms with Crippen LogP contribution in [0.5, 0.6) is 11.6 Å². The summed E-state index contributed by atoms with van der Waals surface area (Å²) in [5, 5.41) is 3.92. The molecular weight excluding hydrogens is 358 g/mol. The second kappa shape index (κ2) is 8.35. The first-order valence-corrected chi connectivity index (χ1v) is 7.98. The van der Waals surface area contributed by atoms with Crippen molar-refractivity contribution in [2.24, 2.45) is 0 Å². The molecule has 3 heterocycles. The van der Waals surface area contributed by atoms with Crippen LogP contribution in [0.25, 0.3) is 11.4 Å². The lowest BCUT2D eigenvalue weighted by Crippen LogP contribution is -2.11. The number of ether oxygens (including phenoxy) is 2. The van der Waals surface area contributed by atoms with Crippen LogP contribution >= 0.6 is 0 Å². The summed E-state index contributed by atoms with van der Waals surface area (Å²) in [5.41, 5.74) is 1.87. The minimum Gasteiger partial charge on any atom is -0.486 e. The zero-order valence-corrected chi connectivity index (χ0v) is 14.4. The molecule has 0 aliphatic heterocycles. The van der Waals surface area contributed by atoms with E-state index in [1.165, 1.54) is 30.3 Å². The monoisotopic (exact) mass is 374 g/mol. The van der Waals surface area contributed by atoms with Gasteiger partial charge in [0.25, 0.3) is 6.43 Å². The maximum absolute atomic E-state index is 12.8. The lowest BCUT2D eigenvalue weighted by atomic mass is 10.1. The largest absolute Gasteiger partial charge is 0.486 e. The second-order valence-corrected chi connectivity index (χ2v) is 5.47. The van der Waals surface area contributed by atoms with E-state index in [4.69, 9.17) is 9.47 Å². The average Bonchev–Trinajstić information content (AvgIpc) is 3.13. The number of hydrogen-bond acceptors (Lipinski definition) is 6. The van der Waals surface area contributed by atoms with E-state index in [1.807, 2.05) is 0 Å². The van der Waals surface area contributed by atoms with Crippen LogP contribution in [0.4, 0.5) is 8.78 Å². The molecule has 3 aromatic heterocycles. The molecule has 0 aromatic carbocycles. The number of carbonyl (C=O) groups excluding carboxylic acids is 1. The van der Waals surface area contributed by atoms with Crippen molar-refractivity contribution in [3.63, 3.8) is 0 Å². The summed E-state index contributed by atoms with van der Waals surface area (Å²) in [6.45, 7) is -0.464. The van der Waals surface area contributed by atoms with Gasteiger partial charge in [0.2, 0.25) is 5.88 Å². The third-order valence-corrected chi connectivity index (χ3v) is 3.75. The zero-order chi connectivity index (χ0) is 19.2. The molecule has 3 aromatic rings. The molecule has 9 heteroatoms. The Morgan fingerprint density at radius 1 is 1.26 bits per heavy atom. The van der Waals surface area contributed by atoms with Gasteiger partial charge in [-0.2, -0.15) is 5.10 Å². The molecule has 0 aliphatic carbocycles. The van der Waals surface area contributed by atoms with E-state index >= 15 is 0 Å². The van der Waals surface area contributed by atoms with Crippen LogP contribution in [0, 0.1) is 0 Å². The summed E-state index contributed by atoms with van der Waals surface area (Å²) in [5.74, 6) is 0.573. The van der Waals surface area contributed by atoms with Crippen LogP contribution in [-0.2, 0) is 13.2 Å². The molecule has 3 rings (SSSR count). The van der Waals surface area contributed by atoms with Gasteiger partial charge in [-0.05, 0) is 12.1 Å². The van der Waals surface area contributed by atoms with Gasteiger partial charge in [0.1, 0.15) is 18.9 Å². The first kappa shape index (κ1) is 18.4. The van der Waals surface area contributed by atoms with Crippen LogP contribution in [0.1, 0.15) is 15.9 Å². The Morgan fingerprint density at radius 2 is 2.11 bits per heavy atom. The number of halogens is 2. The fraction of sp³-hybridized carbons (Fsp3) is 0.222. The highest BCUT2D eigenvalue weighted by Gasteiger charge is 2.15. The molecule has 0 radical (unpaired) electrons. The van der Waals surface area contributed by atoms with E-state index in [9.17, 15) is 13.6 Å². The number of aromatic nitrogens is 4. The number of aldehydes is 1. The van der Waals surface area contributed by atoms with E-state index in [2.05, 4.69) is 15.1 Å². The van der Waals surface area contributed by atoms with Crippen molar-refractivity contribution in [1.82, 2.24) is 19.7 Å². The van der Waals surface area contributed by atoms with Gasteiger partial charge in [0.05, 0.1) is 30.3 Å². The van der Waals surface area contributed by atoms with Crippen LogP contribution in [0.3, 0.4) is 0 Å². The first-order chi connectivity index (χ1) is 13.1. The molecule has 0 aliphatic rings. The number of alkyl halides is 2. The lowest BCUT2D eigenvalue weighted by molar-refractivity contribution is 0.111. The zero-order valence-electron chi connectivity index (χ0n) is 14.4. The Hall–Kier alpha value is -3.36. The van der Waals surface area contributed by atoms with Crippen LogP contribution in [0.15, 0.2) is 42.9 Å². The van der Waals surface area contributed by atoms with E-state index in [1.54, 1.807) is 24.4 Å². The molecule has 27 heavy (non-hydrogen) atoms. The van der Waals surface area contributed by atoms with Crippen molar-refractivity contribution in [2.45, 2.75) is 19.6 Å². The van der Waals surface area contributed by atoms with E-state index in [0.29, 0.717) is 29.1 Å². The summed E-state index contributed by atoms with van der Waals surface area (Å²) in [6.07, 6.45) is 2.49. The standard InChI is InChI=1S/C18H16F2N4O3/c1-26-17-7-13(10-25)15(8-22-17)27-11-12-3-2-5-21-18(12)14-4-6-23-24(14)9-16(19)20/h2-8,10,16H,9,11H2,1H3. The maximum atomic E-state index is 12.8. The highest BCUT2D eigenvalue weighted by atomic mass is 19.3. The van der Waals surface area contributed by atoms with Crippen LogP contribution in [0.2, 0.25) is 0 Å². The van der Waals surface area contributed by atoms with Gasteiger partial charge in [0, 0.05) is 24.0 Å². The SMILES string of the molecule is COc1cc(C=O)c(OCc2cccnc2-c2ccnn2CC(F)F)cn1. The molecule has 0 saturated carbocycles. The Bertz CT molecular complexity index is 930. The highest BCUT2D eigenvalue weighted by molar-refractivity contribution is 5.79. The average molecular weight is 374 g/mol. The summed E-state index contributed by atoms with van der Waals surface area (Å²) in [7, 11) is 1.45. The third-order valence-electron chi connectivity index (χ3n) is 3.75. The number of pyridine rings is 2. The van der Waals surface area contributed by atoms with Gasteiger partial charge in [-0.3, -0.25) is 14.5 Å². The predicted octanol–water partition coefficient (Wildman–Crippen LogP) is 3.01. The smallest absolute Gasteiger partial charge is 0.257 e. The molecule has 7 nitrogen and oxygen atoms in total. The number of rotatable bonds is 8. The Balaban J connectivity index is 1.86. The number of carbonyl (C=O) groups is 1. The molecule has 0 atom stereocenters. The number of hydrogen-bond donors (Lipinski definition) is 0. The summed E-state index contributed by atoms with van der Waals surface area (Å²) in [6, 6.07) is 6.55. The molecule has 0 fully saturated rings. The minimum atomic E-state index is -2.53. The topological polar surface area (TPSA) is 79.1 Å². The van der Waals surface area contributed by atoms with Crippen molar-refractivity contribution >= 4 is 6.29 Å². The molecule has 0 saturated heterocycles. The fourth-order valence-electron chi connectivity index (χ4n) is 2.51.